The van der Waals surface area contributed by atoms with Crippen molar-refractivity contribution < 1.29 is 4.74 Å². The highest BCUT2D eigenvalue weighted by atomic mass is 16.5. The van der Waals surface area contributed by atoms with Crippen LogP contribution in [0.3, 0.4) is 0 Å². The van der Waals surface area contributed by atoms with Crippen LogP contribution >= 0.6 is 0 Å². The van der Waals surface area contributed by atoms with E-state index in [1.807, 2.05) is 6.07 Å². The van der Waals surface area contributed by atoms with Crippen LogP contribution in [0, 0.1) is 0 Å². The van der Waals surface area contributed by atoms with Crippen molar-refractivity contribution in [3.05, 3.63) is 29.3 Å². The summed E-state index contributed by atoms with van der Waals surface area (Å²) in [6.45, 7) is 12.3. The summed E-state index contributed by atoms with van der Waals surface area (Å²) < 4.78 is 5.59. The summed E-state index contributed by atoms with van der Waals surface area (Å²) in [6.07, 6.45) is 0. The normalized spacial score (nSPS) is 11.9. The minimum atomic E-state index is 0.173. The first kappa shape index (κ1) is 14.0. The van der Waals surface area contributed by atoms with Crippen molar-refractivity contribution >= 4 is 0 Å². The second-order valence-corrected chi connectivity index (χ2v) is 5.79. The molecule has 1 aromatic rings. The van der Waals surface area contributed by atoms with Crippen molar-refractivity contribution in [3.63, 3.8) is 0 Å². The van der Waals surface area contributed by atoms with Crippen LogP contribution in [0.2, 0.25) is 0 Å². The second-order valence-electron chi connectivity index (χ2n) is 5.79. The number of rotatable bonds is 4. The lowest BCUT2D eigenvalue weighted by Gasteiger charge is -2.25. The summed E-state index contributed by atoms with van der Waals surface area (Å²) in [5.74, 6) is 1.43. The summed E-state index contributed by atoms with van der Waals surface area (Å²) >= 11 is 0. The quantitative estimate of drug-likeness (QED) is 0.867. The molecule has 0 aliphatic carbocycles. The predicted molar refractivity (Wildman–Crippen MR) is 73.8 cm³/mol. The molecule has 0 radical (unpaired) electrons. The maximum Gasteiger partial charge on any atom is 0.119 e. The predicted octanol–water partition coefficient (Wildman–Crippen LogP) is 3.45. The van der Waals surface area contributed by atoms with Gasteiger partial charge in [-0.2, -0.15) is 0 Å². The van der Waals surface area contributed by atoms with Crippen molar-refractivity contribution in [2.24, 2.45) is 5.73 Å². The van der Waals surface area contributed by atoms with Crippen molar-refractivity contribution in [1.29, 1.82) is 0 Å². The molecule has 0 aromatic heterocycles. The van der Waals surface area contributed by atoms with Gasteiger partial charge in [-0.05, 0) is 34.6 Å². The average molecular weight is 235 g/mol. The maximum atomic E-state index is 5.59. The van der Waals surface area contributed by atoms with Gasteiger partial charge >= 0.3 is 0 Å². The summed E-state index contributed by atoms with van der Waals surface area (Å²) in [7, 11) is 0. The Morgan fingerprint density at radius 1 is 1.24 bits per heavy atom. The fourth-order valence-electron chi connectivity index (χ4n) is 1.97. The Morgan fingerprint density at radius 2 is 1.88 bits per heavy atom. The molecular weight excluding hydrogens is 210 g/mol. The zero-order chi connectivity index (χ0) is 13.1. The molecule has 2 nitrogen and oxygen atoms in total. The van der Waals surface area contributed by atoms with Crippen molar-refractivity contribution in [2.75, 3.05) is 13.2 Å². The lowest BCUT2D eigenvalue weighted by Crippen LogP contribution is -2.16. The first-order chi connectivity index (χ1) is 7.86. The smallest absolute Gasteiger partial charge is 0.119 e. The molecule has 0 saturated carbocycles. The highest BCUT2D eigenvalue weighted by Gasteiger charge is 2.19. The van der Waals surface area contributed by atoms with Crippen LogP contribution in [0.1, 0.15) is 51.7 Å². The van der Waals surface area contributed by atoms with Gasteiger partial charge in [0.15, 0.2) is 0 Å². The molecule has 96 valence electrons. The lowest BCUT2D eigenvalue weighted by atomic mass is 9.81. The number of hydrogen-bond acceptors (Lipinski definition) is 2. The molecule has 0 saturated heterocycles. The third kappa shape index (κ3) is 3.74. The molecule has 17 heavy (non-hydrogen) atoms. The van der Waals surface area contributed by atoms with E-state index in [-0.39, 0.29) is 5.41 Å². The van der Waals surface area contributed by atoms with Crippen molar-refractivity contribution in [3.8, 4) is 5.75 Å². The molecule has 1 aromatic carbocycles. The topological polar surface area (TPSA) is 35.2 Å². The summed E-state index contributed by atoms with van der Waals surface area (Å²) in [5, 5.41) is 0. The molecule has 0 aliphatic rings. The molecule has 0 aliphatic heterocycles. The fourth-order valence-corrected chi connectivity index (χ4v) is 1.97. The van der Waals surface area contributed by atoms with Crippen LogP contribution in [0.4, 0.5) is 0 Å². The van der Waals surface area contributed by atoms with Gasteiger partial charge in [-0.25, -0.2) is 0 Å². The van der Waals surface area contributed by atoms with Crippen LogP contribution in [0.25, 0.3) is 0 Å². The molecule has 2 N–H and O–H groups in total. The summed E-state index contributed by atoms with van der Waals surface area (Å²) in [6, 6.07) is 6.38. The Kier molecular flexibility index (Phi) is 4.58. The fraction of sp³-hybridized carbons (Fsp3) is 0.600. The first-order valence-corrected chi connectivity index (χ1v) is 6.33. The van der Waals surface area contributed by atoms with Crippen molar-refractivity contribution in [1.82, 2.24) is 0 Å². The Hall–Kier alpha value is -1.02. The zero-order valence-corrected chi connectivity index (χ0v) is 11.7. The van der Waals surface area contributed by atoms with Crippen LogP contribution in [0.15, 0.2) is 18.2 Å². The van der Waals surface area contributed by atoms with Crippen LogP contribution < -0.4 is 10.5 Å². The van der Waals surface area contributed by atoms with Gasteiger partial charge in [0.1, 0.15) is 12.4 Å². The van der Waals surface area contributed by atoms with Gasteiger partial charge in [0, 0.05) is 6.54 Å². The van der Waals surface area contributed by atoms with Gasteiger partial charge < -0.3 is 10.5 Å². The van der Waals surface area contributed by atoms with Gasteiger partial charge in [0.25, 0.3) is 0 Å². The average Bonchev–Trinajstić information content (AvgIpc) is 2.24. The third-order valence-electron chi connectivity index (χ3n) is 2.84. The van der Waals surface area contributed by atoms with Crippen molar-refractivity contribution in [2.45, 2.75) is 46.0 Å². The SMILES string of the molecule is CC(C)c1cc(OCCN)ccc1C(C)(C)C. The molecule has 1 rings (SSSR count). The van der Waals surface area contributed by atoms with Gasteiger partial charge in [-0.1, -0.05) is 40.7 Å². The minimum Gasteiger partial charge on any atom is -0.492 e. The van der Waals surface area contributed by atoms with E-state index in [4.69, 9.17) is 10.5 Å². The molecule has 0 atom stereocenters. The minimum absolute atomic E-state index is 0.173. The number of hydrogen-bond donors (Lipinski definition) is 1. The summed E-state index contributed by atoms with van der Waals surface area (Å²) in [5.41, 5.74) is 8.38. The van der Waals surface area contributed by atoms with E-state index in [0.29, 0.717) is 19.1 Å². The van der Waals surface area contributed by atoms with Gasteiger partial charge in [0.2, 0.25) is 0 Å². The van der Waals surface area contributed by atoms with Gasteiger partial charge in [-0.15, -0.1) is 0 Å². The highest BCUT2D eigenvalue weighted by Crippen LogP contribution is 2.33. The van der Waals surface area contributed by atoms with Crippen LogP contribution in [-0.4, -0.2) is 13.2 Å². The van der Waals surface area contributed by atoms with E-state index >= 15 is 0 Å². The summed E-state index contributed by atoms with van der Waals surface area (Å²) in [4.78, 5) is 0. The van der Waals surface area contributed by atoms with E-state index < -0.39 is 0 Å². The molecule has 0 fully saturated rings. The second kappa shape index (κ2) is 5.54. The molecule has 0 heterocycles. The molecule has 0 bridgehead atoms. The van der Waals surface area contributed by atoms with E-state index in [1.54, 1.807) is 0 Å². The largest absolute Gasteiger partial charge is 0.492 e. The van der Waals surface area contributed by atoms with E-state index in [0.717, 1.165) is 5.75 Å². The van der Waals surface area contributed by atoms with Gasteiger partial charge in [-0.3, -0.25) is 0 Å². The molecule has 0 amide bonds. The molecule has 0 unspecified atom stereocenters. The molecular formula is C15H25NO. The molecule has 2 heteroatoms. The maximum absolute atomic E-state index is 5.59. The molecule has 0 spiro atoms. The Bertz CT molecular complexity index is 364. The zero-order valence-electron chi connectivity index (χ0n) is 11.7. The Labute approximate surface area is 105 Å². The van der Waals surface area contributed by atoms with E-state index in [9.17, 15) is 0 Å². The number of ether oxygens (including phenoxy) is 1. The van der Waals surface area contributed by atoms with E-state index in [2.05, 4.69) is 46.8 Å². The number of nitrogens with two attached hydrogens (primary N) is 1. The third-order valence-corrected chi connectivity index (χ3v) is 2.84. The Morgan fingerprint density at radius 3 is 2.35 bits per heavy atom. The van der Waals surface area contributed by atoms with Gasteiger partial charge in [0.05, 0.1) is 0 Å². The van der Waals surface area contributed by atoms with E-state index in [1.165, 1.54) is 11.1 Å². The van der Waals surface area contributed by atoms with Crippen LogP contribution in [0.5, 0.6) is 5.75 Å². The lowest BCUT2D eigenvalue weighted by molar-refractivity contribution is 0.327. The Balaban J connectivity index is 3.09. The standard InChI is InChI=1S/C15H25NO/c1-11(2)13-10-12(17-9-8-16)6-7-14(13)15(3,4)5/h6-7,10-11H,8-9,16H2,1-5H3. The number of benzene rings is 1. The highest BCUT2D eigenvalue weighted by molar-refractivity contribution is 5.41. The monoisotopic (exact) mass is 235 g/mol. The first-order valence-electron chi connectivity index (χ1n) is 6.33. The van der Waals surface area contributed by atoms with Crippen LogP contribution in [-0.2, 0) is 5.41 Å².